The first kappa shape index (κ1) is 17.5. The van der Waals surface area contributed by atoms with Gasteiger partial charge in [0.2, 0.25) is 6.10 Å². The first-order valence-corrected chi connectivity index (χ1v) is 7.73. The SMILES string of the molecule is Cc1ccc(NC(=O)[C@H](C)O/N=C(\N)[C@H](C)n2ccnc2)c(C)c1. The number of carbonyl (C=O) groups excluding carboxylic acids is 1. The van der Waals surface area contributed by atoms with Crippen LogP contribution in [-0.2, 0) is 9.63 Å². The highest BCUT2D eigenvalue weighted by Crippen LogP contribution is 2.16. The lowest BCUT2D eigenvalue weighted by molar-refractivity contribution is -0.126. The molecule has 0 radical (unpaired) electrons. The number of aryl methyl sites for hydroxylation is 2. The Bertz CT molecular complexity index is 725. The molecular formula is C17H23N5O2. The number of benzene rings is 1. The molecule has 0 aliphatic carbocycles. The van der Waals surface area contributed by atoms with E-state index in [1.54, 1.807) is 30.2 Å². The van der Waals surface area contributed by atoms with Crippen LogP contribution in [-0.4, -0.2) is 27.4 Å². The van der Waals surface area contributed by atoms with Gasteiger partial charge in [-0.15, -0.1) is 0 Å². The van der Waals surface area contributed by atoms with Crippen molar-refractivity contribution in [2.24, 2.45) is 10.9 Å². The minimum Gasteiger partial charge on any atom is -0.383 e. The minimum absolute atomic E-state index is 0.206. The quantitative estimate of drug-likeness (QED) is 0.483. The Hall–Kier alpha value is -2.83. The molecule has 0 fully saturated rings. The van der Waals surface area contributed by atoms with E-state index in [0.717, 1.165) is 16.8 Å². The molecule has 7 heteroatoms. The Morgan fingerprint density at radius 1 is 1.38 bits per heavy atom. The number of amides is 1. The minimum atomic E-state index is -0.765. The van der Waals surface area contributed by atoms with Gasteiger partial charge < -0.3 is 20.5 Å². The summed E-state index contributed by atoms with van der Waals surface area (Å²) in [5, 5.41) is 6.69. The number of amidine groups is 1. The van der Waals surface area contributed by atoms with Crippen LogP contribution in [0.25, 0.3) is 0 Å². The molecule has 1 aromatic heterocycles. The zero-order valence-electron chi connectivity index (χ0n) is 14.4. The van der Waals surface area contributed by atoms with Gasteiger partial charge in [-0.05, 0) is 39.3 Å². The van der Waals surface area contributed by atoms with Gasteiger partial charge in [-0.2, -0.15) is 0 Å². The average Bonchev–Trinajstić information content (AvgIpc) is 3.08. The number of hydrogen-bond acceptors (Lipinski definition) is 4. The topological polar surface area (TPSA) is 94.5 Å². The summed E-state index contributed by atoms with van der Waals surface area (Å²) in [5.41, 5.74) is 8.78. The zero-order valence-corrected chi connectivity index (χ0v) is 14.4. The largest absolute Gasteiger partial charge is 0.383 e. The third-order valence-corrected chi connectivity index (χ3v) is 3.73. The predicted molar refractivity (Wildman–Crippen MR) is 93.7 cm³/mol. The first-order chi connectivity index (χ1) is 11.4. The highest BCUT2D eigenvalue weighted by Gasteiger charge is 2.16. The van der Waals surface area contributed by atoms with E-state index in [2.05, 4.69) is 15.5 Å². The number of oxime groups is 1. The van der Waals surface area contributed by atoms with Crippen molar-refractivity contribution < 1.29 is 9.63 Å². The molecule has 0 aliphatic heterocycles. The predicted octanol–water partition coefficient (Wildman–Crippen LogP) is 2.38. The molecule has 1 heterocycles. The fourth-order valence-electron chi connectivity index (χ4n) is 2.10. The van der Waals surface area contributed by atoms with E-state index in [4.69, 9.17) is 10.6 Å². The molecule has 0 saturated carbocycles. The molecule has 1 amide bonds. The lowest BCUT2D eigenvalue weighted by Crippen LogP contribution is -2.29. The van der Waals surface area contributed by atoms with Gasteiger partial charge in [-0.3, -0.25) is 4.79 Å². The van der Waals surface area contributed by atoms with Crippen molar-refractivity contribution in [2.75, 3.05) is 5.32 Å². The highest BCUT2D eigenvalue weighted by molar-refractivity contribution is 5.94. The summed E-state index contributed by atoms with van der Waals surface area (Å²) in [4.78, 5) is 21.4. The van der Waals surface area contributed by atoms with E-state index >= 15 is 0 Å². The van der Waals surface area contributed by atoms with Gasteiger partial charge >= 0.3 is 0 Å². The van der Waals surface area contributed by atoms with E-state index in [9.17, 15) is 4.79 Å². The maximum absolute atomic E-state index is 12.2. The first-order valence-electron chi connectivity index (χ1n) is 7.73. The molecule has 7 nitrogen and oxygen atoms in total. The molecule has 2 aromatic rings. The summed E-state index contributed by atoms with van der Waals surface area (Å²) in [6, 6.07) is 5.61. The van der Waals surface area contributed by atoms with Crippen LogP contribution in [0.4, 0.5) is 5.69 Å². The standard InChI is InChI=1S/C17H23N5O2/c1-11-5-6-15(12(2)9-11)20-17(23)14(4)24-21-16(18)13(3)22-8-7-19-10-22/h5-10,13-14H,1-4H3,(H2,18,21)(H,20,23)/t13-,14-/m0/s1. The van der Waals surface area contributed by atoms with Crippen LogP contribution < -0.4 is 11.1 Å². The Balaban J connectivity index is 1.94. The Morgan fingerprint density at radius 3 is 2.75 bits per heavy atom. The molecule has 2 atom stereocenters. The van der Waals surface area contributed by atoms with Crippen molar-refractivity contribution in [3.8, 4) is 0 Å². The van der Waals surface area contributed by atoms with E-state index < -0.39 is 6.10 Å². The molecule has 3 N–H and O–H groups in total. The summed E-state index contributed by atoms with van der Waals surface area (Å²) in [6.45, 7) is 7.43. The Morgan fingerprint density at radius 2 is 2.12 bits per heavy atom. The summed E-state index contributed by atoms with van der Waals surface area (Å²) in [7, 11) is 0. The maximum atomic E-state index is 12.2. The second-order valence-corrected chi connectivity index (χ2v) is 5.76. The number of anilines is 1. The molecule has 24 heavy (non-hydrogen) atoms. The third-order valence-electron chi connectivity index (χ3n) is 3.73. The molecule has 128 valence electrons. The number of rotatable bonds is 6. The fraction of sp³-hybridized carbons (Fsp3) is 0.353. The molecule has 0 unspecified atom stereocenters. The molecule has 0 saturated heterocycles. The summed E-state index contributed by atoms with van der Waals surface area (Å²) in [6.07, 6.45) is 4.32. The molecule has 2 rings (SSSR count). The summed E-state index contributed by atoms with van der Waals surface area (Å²) < 4.78 is 1.79. The molecule has 0 aliphatic rings. The number of hydrogen-bond donors (Lipinski definition) is 2. The number of nitrogens with two attached hydrogens (primary N) is 1. The van der Waals surface area contributed by atoms with Gasteiger partial charge in [-0.25, -0.2) is 4.98 Å². The van der Waals surface area contributed by atoms with E-state index in [0.29, 0.717) is 0 Å². The van der Waals surface area contributed by atoms with Crippen LogP contribution in [0.3, 0.4) is 0 Å². The van der Waals surface area contributed by atoms with Crippen molar-refractivity contribution in [3.63, 3.8) is 0 Å². The normalized spacial score (nSPS) is 14.1. The van der Waals surface area contributed by atoms with E-state index in [1.165, 1.54) is 0 Å². The summed E-state index contributed by atoms with van der Waals surface area (Å²) in [5.74, 6) is -0.0204. The molecule has 0 spiro atoms. The van der Waals surface area contributed by atoms with Crippen molar-refractivity contribution in [2.45, 2.75) is 39.8 Å². The maximum Gasteiger partial charge on any atom is 0.267 e. The van der Waals surface area contributed by atoms with Gasteiger partial charge in [0.05, 0.1) is 12.4 Å². The second kappa shape index (κ2) is 7.63. The number of nitrogens with zero attached hydrogens (tertiary/aromatic N) is 3. The Labute approximate surface area is 141 Å². The van der Waals surface area contributed by atoms with Crippen LogP contribution in [0.5, 0.6) is 0 Å². The smallest absolute Gasteiger partial charge is 0.267 e. The van der Waals surface area contributed by atoms with Gasteiger partial charge in [0.25, 0.3) is 5.91 Å². The van der Waals surface area contributed by atoms with Gasteiger partial charge in [0.15, 0.2) is 5.84 Å². The van der Waals surface area contributed by atoms with Crippen LogP contribution >= 0.6 is 0 Å². The highest BCUT2D eigenvalue weighted by atomic mass is 16.6. The van der Waals surface area contributed by atoms with Crippen molar-refractivity contribution in [3.05, 3.63) is 48.0 Å². The van der Waals surface area contributed by atoms with Crippen LogP contribution in [0, 0.1) is 13.8 Å². The van der Waals surface area contributed by atoms with Gasteiger partial charge in [-0.1, -0.05) is 22.9 Å². The van der Waals surface area contributed by atoms with Crippen LogP contribution in [0.15, 0.2) is 42.1 Å². The monoisotopic (exact) mass is 329 g/mol. The fourth-order valence-corrected chi connectivity index (χ4v) is 2.10. The van der Waals surface area contributed by atoms with E-state index in [1.807, 2.05) is 39.0 Å². The van der Waals surface area contributed by atoms with Crippen molar-refractivity contribution in [1.29, 1.82) is 0 Å². The van der Waals surface area contributed by atoms with Gasteiger partial charge in [0.1, 0.15) is 0 Å². The van der Waals surface area contributed by atoms with Crippen LogP contribution in [0.1, 0.15) is 31.0 Å². The Kier molecular flexibility index (Phi) is 5.57. The van der Waals surface area contributed by atoms with Crippen LogP contribution in [0.2, 0.25) is 0 Å². The average molecular weight is 329 g/mol. The lowest BCUT2D eigenvalue weighted by atomic mass is 10.1. The van der Waals surface area contributed by atoms with Crippen molar-refractivity contribution in [1.82, 2.24) is 9.55 Å². The molecule has 0 bridgehead atoms. The van der Waals surface area contributed by atoms with Gasteiger partial charge in [0, 0.05) is 18.1 Å². The third kappa shape index (κ3) is 4.34. The second-order valence-electron chi connectivity index (χ2n) is 5.76. The molecule has 1 aromatic carbocycles. The van der Waals surface area contributed by atoms with Crippen molar-refractivity contribution >= 4 is 17.4 Å². The lowest BCUT2D eigenvalue weighted by Gasteiger charge is -2.15. The number of carbonyl (C=O) groups is 1. The number of nitrogens with one attached hydrogen (secondary N) is 1. The zero-order chi connectivity index (χ0) is 17.7. The summed E-state index contributed by atoms with van der Waals surface area (Å²) >= 11 is 0. The number of aromatic nitrogens is 2. The van der Waals surface area contributed by atoms with E-state index in [-0.39, 0.29) is 17.8 Å². The molecular weight excluding hydrogens is 306 g/mol. The number of imidazole rings is 1.